The molecule has 0 saturated carbocycles. The molecule has 0 bridgehead atoms. The van der Waals surface area contributed by atoms with Gasteiger partial charge in [0.1, 0.15) is 5.75 Å². The van der Waals surface area contributed by atoms with Crippen LogP contribution < -0.4 is 16.2 Å². The molecule has 0 amide bonds. The van der Waals surface area contributed by atoms with Crippen LogP contribution in [-0.4, -0.2) is 50.4 Å². The Balaban J connectivity index is 1.50. The van der Waals surface area contributed by atoms with Crippen molar-refractivity contribution in [3.05, 3.63) is 72.0 Å². The van der Waals surface area contributed by atoms with Crippen molar-refractivity contribution in [3.8, 4) is 5.75 Å². The zero-order chi connectivity index (χ0) is 27.6. The molecule has 0 fully saturated rings. The predicted octanol–water partition coefficient (Wildman–Crippen LogP) is 3.73. The zero-order valence-electron chi connectivity index (χ0n) is 21.8. The molecule has 1 aliphatic rings. The highest BCUT2D eigenvalue weighted by Crippen LogP contribution is 2.16. The smallest absolute Gasteiger partial charge is 0.334 e. The van der Waals surface area contributed by atoms with Gasteiger partial charge in [0.05, 0.1) is 26.4 Å². The first-order chi connectivity index (χ1) is 18.4. The number of benzene rings is 1. The van der Waals surface area contributed by atoms with Gasteiger partial charge in [-0.2, -0.15) is 0 Å². The largest absolute Gasteiger partial charge is 0.494 e. The van der Waals surface area contributed by atoms with Crippen molar-refractivity contribution in [2.45, 2.75) is 51.0 Å². The van der Waals surface area contributed by atoms with Crippen molar-refractivity contribution >= 4 is 24.0 Å². The van der Waals surface area contributed by atoms with Crippen LogP contribution >= 0.6 is 0 Å². The van der Waals surface area contributed by atoms with E-state index in [4.69, 9.17) is 30.4 Å². The Morgan fingerprint density at radius 3 is 2.13 bits per heavy atom. The third-order valence-corrected chi connectivity index (χ3v) is 5.49. The quantitative estimate of drug-likeness (QED) is 0.134. The minimum atomic E-state index is -0.460. The van der Waals surface area contributed by atoms with Gasteiger partial charge in [-0.05, 0) is 80.9 Å². The summed E-state index contributed by atoms with van der Waals surface area (Å²) in [7, 11) is 0. The number of ether oxygens (including phenoxy) is 4. The molecule has 0 spiro atoms. The molecule has 206 valence electrons. The number of allylic oxidation sites excluding steroid dienone is 1. The molecule has 0 aliphatic heterocycles. The van der Waals surface area contributed by atoms with Gasteiger partial charge in [0.2, 0.25) is 0 Å². The third kappa shape index (κ3) is 12.9. The van der Waals surface area contributed by atoms with Gasteiger partial charge in [-0.15, -0.1) is 0 Å². The second-order valence-corrected chi connectivity index (χ2v) is 8.75. The molecular weight excluding hydrogens is 488 g/mol. The zero-order valence-corrected chi connectivity index (χ0v) is 21.8. The van der Waals surface area contributed by atoms with E-state index in [-0.39, 0.29) is 25.2 Å². The molecule has 1 unspecified atom stereocenters. The van der Waals surface area contributed by atoms with Crippen molar-refractivity contribution < 1.29 is 33.3 Å². The molecule has 38 heavy (non-hydrogen) atoms. The first-order valence-corrected chi connectivity index (χ1v) is 12.8. The molecule has 4 N–H and O–H groups in total. The number of carbonyl (C=O) groups excluding carboxylic acids is 3. The molecule has 0 aromatic heterocycles. The summed E-state index contributed by atoms with van der Waals surface area (Å²) >= 11 is 0. The van der Waals surface area contributed by atoms with Crippen molar-refractivity contribution in [2.24, 2.45) is 11.5 Å². The van der Waals surface area contributed by atoms with Gasteiger partial charge in [0, 0.05) is 29.5 Å². The maximum absolute atomic E-state index is 12.1. The average Bonchev–Trinajstić information content (AvgIpc) is 2.90. The minimum absolute atomic E-state index is 0.246. The van der Waals surface area contributed by atoms with E-state index in [0.29, 0.717) is 43.7 Å². The first-order valence-electron chi connectivity index (χ1n) is 12.8. The normalized spacial score (nSPS) is 14.8. The van der Waals surface area contributed by atoms with Gasteiger partial charge in [-0.1, -0.05) is 18.7 Å². The standard InChI is InChI=1S/C29H38N2O7/c1-2-27(32)36-16-7-8-17-37-28(33)14-11-22-9-12-26(13-10-22)35-15-5-3-4-6-18-38-29(34)23-19-24(30)21-25(31)20-23/h2,9-14,19,21,25H,1,3-8,15-18,20,30-31H2/b14-11+. The van der Waals surface area contributed by atoms with E-state index in [0.717, 1.165) is 43.1 Å². The van der Waals surface area contributed by atoms with Crippen molar-refractivity contribution in [2.75, 3.05) is 26.4 Å². The number of hydrogen-bond donors (Lipinski definition) is 2. The predicted molar refractivity (Wildman–Crippen MR) is 145 cm³/mol. The van der Waals surface area contributed by atoms with Crippen LogP contribution in [0.15, 0.2) is 66.4 Å². The van der Waals surface area contributed by atoms with E-state index >= 15 is 0 Å². The van der Waals surface area contributed by atoms with Crippen LogP contribution in [0.25, 0.3) is 6.08 Å². The van der Waals surface area contributed by atoms with Gasteiger partial charge < -0.3 is 30.4 Å². The Bertz CT molecular complexity index is 1010. The molecule has 0 saturated heterocycles. The monoisotopic (exact) mass is 526 g/mol. The summed E-state index contributed by atoms with van der Waals surface area (Å²) in [6.45, 7) is 4.80. The van der Waals surface area contributed by atoms with Crippen molar-refractivity contribution in [1.29, 1.82) is 0 Å². The molecule has 9 heteroatoms. The fourth-order valence-electron chi connectivity index (χ4n) is 3.51. The van der Waals surface area contributed by atoms with Gasteiger partial charge in [-0.3, -0.25) is 0 Å². The summed E-state index contributed by atoms with van der Waals surface area (Å²) < 4.78 is 21.0. The Hall–Kier alpha value is -3.85. The average molecular weight is 527 g/mol. The lowest BCUT2D eigenvalue weighted by Crippen LogP contribution is -2.26. The first kappa shape index (κ1) is 30.4. The van der Waals surface area contributed by atoms with E-state index in [1.54, 1.807) is 18.2 Å². The number of unbranched alkanes of at least 4 members (excludes halogenated alkanes) is 4. The Labute approximate surface area is 224 Å². The molecule has 9 nitrogen and oxygen atoms in total. The summed E-state index contributed by atoms with van der Waals surface area (Å²) in [5, 5.41) is 0. The van der Waals surface area contributed by atoms with Gasteiger partial charge in [0.25, 0.3) is 0 Å². The summed E-state index contributed by atoms with van der Waals surface area (Å²) in [4.78, 5) is 34.8. The Kier molecular flexibility index (Phi) is 14.1. The summed E-state index contributed by atoms with van der Waals surface area (Å²) in [6.07, 6.45) is 12.7. The molecule has 0 heterocycles. The van der Waals surface area contributed by atoms with Crippen molar-refractivity contribution in [3.63, 3.8) is 0 Å². The molecule has 2 rings (SSSR count). The molecule has 1 atom stereocenters. The topological polar surface area (TPSA) is 140 Å². The van der Waals surface area contributed by atoms with Crippen LogP contribution in [0.2, 0.25) is 0 Å². The lowest BCUT2D eigenvalue weighted by Gasteiger charge is -2.16. The number of hydrogen-bond acceptors (Lipinski definition) is 9. The number of esters is 3. The van der Waals surface area contributed by atoms with E-state index < -0.39 is 11.9 Å². The lowest BCUT2D eigenvalue weighted by atomic mass is 10.00. The second kappa shape index (κ2) is 17.6. The number of carbonyl (C=O) groups is 3. The maximum Gasteiger partial charge on any atom is 0.334 e. The molecule has 1 aliphatic carbocycles. The Morgan fingerprint density at radius 1 is 0.868 bits per heavy atom. The summed E-state index contributed by atoms with van der Waals surface area (Å²) in [6, 6.07) is 7.18. The highest BCUT2D eigenvalue weighted by molar-refractivity contribution is 5.89. The van der Waals surface area contributed by atoms with Crippen LogP contribution in [0.4, 0.5) is 0 Å². The maximum atomic E-state index is 12.1. The third-order valence-electron chi connectivity index (χ3n) is 5.49. The highest BCUT2D eigenvalue weighted by atomic mass is 16.5. The minimum Gasteiger partial charge on any atom is -0.494 e. The van der Waals surface area contributed by atoms with Gasteiger partial charge in [0.15, 0.2) is 0 Å². The fraction of sp³-hybridized carbons (Fsp3) is 0.414. The van der Waals surface area contributed by atoms with Gasteiger partial charge in [-0.25, -0.2) is 14.4 Å². The second-order valence-electron chi connectivity index (χ2n) is 8.75. The molecule has 1 aromatic rings. The van der Waals surface area contributed by atoms with E-state index in [1.807, 2.05) is 24.3 Å². The lowest BCUT2D eigenvalue weighted by molar-refractivity contribution is -0.140. The molecule has 1 aromatic carbocycles. The number of rotatable bonds is 17. The van der Waals surface area contributed by atoms with E-state index in [2.05, 4.69) is 6.58 Å². The molecular formula is C29H38N2O7. The summed E-state index contributed by atoms with van der Waals surface area (Å²) in [5.41, 5.74) is 13.4. The van der Waals surface area contributed by atoms with Crippen LogP contribution in [0, 0.1) is 0 Å². The van der Waals surface area contributed by atoms with Crippen LogP contribution in [-0.2, 0) is 28.6 Å². The Morgan fingerprint density at radius 2 is 1.47 bits per heavy atom. The van der Waals surface area contributed by atoms with E-state index in [9.17, 15) is 14.4 Å². The molecule has 0 radical (unpaired) electrons. The van der Waals surface area contributed by atoms with Crippen molar-refractivity contribution in [1.82, 2.24) is 0 Å². The SMILES string of the molecule is C=CC(=O)OCCCCOC(=O)/C=C/c1ccc(OCCCCCCOC(=O)C2=CC(N)=CC(N)C2)cc1. The van der Waals surface area contributed by atoms with Gasteiger partial charge >= 0.3 is 17.9 Å². The fourth-order valence-corrected chi connectivity index (χ4v) is 3.51. The van der Waals surface area contributed by atoms with Crippen LogP contribution in [0.3, 0.4) is 0 Å². The summed E-state index contributed by atoms with van der Waals surface area (Å²) in [5.74, 6) is -0.489. The number of nitrogens with two attached hydrogens (primary N) is 2. The van der Waals surface area contributed by atoms with Crippen LogP contribution in [0.5, 0.6) is 5.75 Å². The van der Waals surface area contributed by atoms with Crippen LogP contribution in [0.1, 0.15) is 50.5 Å². The highest BCUT2D eigenvalue weighted by Gasteiger charge is 2.17. The van der Waals surface area contributed by atoms with E-state index in [1.165, 1.54) is 6.08 Å².